The molecule has 1 aliphatic heterocycles. The van der Waals surface area contributed by atoms with E-state index in [0.717, 1.165) is 23.8 Å². The van der Waals surface area contributed by atoms with E-state index in [1.807, 2.05) is 11.8 Å². The summed E-state index contributed by atoms with van der Waals surface area (Å²) in [6, 6.07) is 0. The van der Waals surface area contributed by atoms with Crippen molar-refractivity contribution >= 4 is 22.4 Å². The van der Waals surface area contributed by atoms with Crippen LogP contribution in [0.1, 0.15) is 39.8 Å². The fraction of sp³-hybridized carbons (Fsp3) is 0.769. The van der Waals surface area contributed by atoms with Gasteiger partial charge in [-0.25, -0.2) is 0 Å². The number of likely N-dealkylation sites (tertiary alicyclic amines) is 1. The zero-order valence-electron chi connectivity index (χ0n) is 12.1. The van der Waals surface area contributed by atoms with Crippen LogP contribution in [0.15, 0.2) is 0 Å². The van der Waals surface area contributed by atoms with E-state index in [9.17, 15) is 4.79 Å². The molecule has 1 aliphatic rings. The average Bonchev–Trinajstić information content (AvgIpc) is 2.88. The molecule has 1 saturated heterocycles. The van der Waals surface area contributed by atoms with Gasteiger partial charge in [-0.15, -0.1) is 5.10 Å². The third kappa shape index (κ3) is 3.23. The molecule has 1 N–H and O–H groups in total. The second-order valence-corrected chi connectivity index (χ2v) is 6.87. The summed E-state index contributed by atoms with van der Waals surface area (Å²) in [5.74, 6) is 0.657. The van der Waals surface area contributed by atoms with E-state index in [0.29, 0.717) is 18.9 Å². The van der Waals surface area contributed by atoms with E-state index in [-0.39, 0.29) is 11.3 Å². The summed E-state index contributed by atoms with van der Waals surface area (Å²) >= 11 is 1.35. The number of anilines is 1. The zero-order valence-corrected chi connectivity index (χ0v) is 12.9. The van der Waals surface area contributed by atoms with Crippen molar-refractivity contribution in [2.75, 3.05) is 18.4 Å². The Bertz CT molecular complexity index is 452. The summed E-state index contributed by atoms with van der Waals surface area (Å²) in [5, 5.41) is 8.36. The molecule has 106 valence electrons. The largest absolute Gasteiger partial charge is 0.374 e. The minimum Gasteiger partial charge on any atom is -0.374 e. The van der Waals surface area contributed by atoms with Crippen molar-refractivity contribution in [1.29, 1.82) is 0 Å². The first-order valence-electron chi connectivity index (χ1n) is 6.74. The number of amides is 1. The normalized spacial score (nSPS) is 20.1. The molecule has 1 unspecified atom stereocenters. The highest BCUT2D eigenvalue weighted by Gasteiger charge is 2.37. The molecule has 2 heterocycles. The van der Waals surface area contributed by atoms with Crippen LogP contribution in [0.2, 0.25) is 0 Å². The number of carbonyl (C=O) groups excluding carboxylic acids is 1. The number of nitrogens with one attached hydrogen (secondary N) is 1. The molecule has 0 spiro atoms. The fourth-order valence-corrected chi connectivity index (χ4v) is 2.93. The summed E-state index contributed by atoms with van der Waals surface area (Å²) in [6.45, 7) is 10.9. The number of aromatic nitrogens is 2. The minimum absolute atomic E-state index is 0.176. The minimum atomic E-state index is 0.176. The van der Waals surface area contributed by atoms with Crippen LogP contribution in [0.25, 0.3) is 0 Å². The van der Waals surface area contributed by atoms with Gasteiger partial charge >= 0.3 is 0 Å². The van der Waals surface area contributed by atoms with Crippen LogP contribution in [0, 0.1) is 11.3 Å². The smallest absolute Gasteiger partial charge is 0.223 e. The highest BCUT2D eigenvalue weighted by atomic mass is 32.1. The lowest BCUT2D eigenvalue weighted by molar-refractivity contribution is -0.128. The quantitative estimate of drug-likeness (QED) is 0.921. The fourth-order valence-electron chi connectivity index (χ4n) is 2.29. The summed E-state index contributed by atoms with van der Waals surface area (Å²) < 4.78 is 3.97. The highest BCUT2D eigenvalue weighted by Crippen LogP contribution is 2.35. The number of nitrogens with zero attached hydrogens (tertiary/aromatic N) is 3. The van der Waals surface area contributed by atoms with Crippen LogP contribution in [-0.4, -0.2) is 33.5 Å². The first-order chi connectivity index (χ1) is 8.91. The van der Waals surface area contributed by atoms with Crippen molar-refractivity contribution in [2.24, 2.45) is 11.3 Å². The summed E-state index contributed by atoms with van der Waals surface area (Å²) in [7, 11) is 0. The maximum absolute atomic E-state index is 12.1. The molecule has 0 aromatic carbocycles. The molecule has 1 aromatic heterocycles. The Morgan fingerprint density at radius 3 is 2.79 bits per heavy atom. The van der Waals surface area contributed by atoms with Gasteiger partial charge in [0.25, 0.3) is 0 Å². The molecule has 0 radical (unpaired) electrons. The molecule has 6 heteroatoms. The predicted octanol–water partition coefficient (Wildman–Crippen LogP) is 2.36. The van der Waals surface area contributed by atoms with E-state index in [1.54, 1.807) is 0 Å². The van der Waals surface area contributed by atoms with Crippen molar-refractivity contribution < 1.29 is 4.79 Å². The third-order valence-electron chi connectivity index (χ3n) is 3.67. The molecule has 0 aliphatic carbocycles. The molecule has 5 nitrogen and oxygen atoms in total. The molecule has 0 saturated carbocycles. The van der Waals surface area contributed by atoms with Gasteiger partial charge in [0.05, 0.1) is 6.54 Å². The highest BCUT2D eigenvalue weighted by molar-refractivity contribution is 7.10. The van der Waals surface area contributed by atoms with Gasteiger partial charge in [-0.1, -0.05) is 25.3 Å². The standard InChI is InChI=1S/C13H22N4OS/c1-5-14-12-10(15-16-19-12)8-17-7-9(6-11(17)18)13(2,3)4/h9,14H,5-8H2,1-4H3. The van der Waals surface area contributed by atoms with Crippen molar-refractivity contribution in [2.45, 2.75) is 40.7 Å². The summed E-state index contributed by atoms with van der Waals surface area (Å²) in [4.78, 5) is 14.0. The Balaban J connectivity index is 2.03. The lowest BCUT2D eigenvalue weighted by atomic mass is 9.80. The lowest BCUT2D eigenvalue weighted by Crippen LogP contribution is -2.27. The Labute approximate surface area is 118 Å². The van der Waals surface area contributed by atoms with Crippen LogP contribution >= 0.6 is 11.5 Å². The van der Waals surface area contributed by atoms with Gasteiger partial charge in [0.1, 0.15) is 10.7 Å². The molecule has 2 rings (SSSR count). The maximum Gasteiger partial charge on any atom is 0.223 e. The second-order valence-electron chi connectivity index (χ2n) is 6.12. The first kappa shape index (κ1) is 14.2. The molecular formula is C13H22N4OS. The van der Waals surface area contributed by atoms with Gasteiger partial charge in [0, 0.05) is 31.0 Å². The Morgan fingerprint density at radius 2 is 2.21 bits per heavy atom. The van der Waals surface area contributed by atoms with Crippen molar-refractivity contribution in [3.8, 4) is 0 Å². The molecule has 1 atom stereocenters. The van der Waals surface area contributed by atoms with Crippen LogP contribution in [0.4, 0.5) is 5.00 Å². The van der Waals surface area contributed by atoms with Gasteiger partial charge in [-0.2, -0.15) is 0 Å². The zero-order chi connectivity index (χ0) is 14.0. The van der Waals surface area contributed by atoms with Crippen LogP contribution in [0.3, 0.4) is 0 Å². The second kappa shape index (κ2) is 5.45. The topological polar surface area (TPSA) is 58.1 Å². The van der Waals surface area contributed by atoms with E-state index in [1.165, 1.54) is 11.5 Å². The van der Waals surface area contributed by atoms with Gasteiger partial charge in [-0.3, -0.25) is 4.79 Å². The third-order valence-corrected chi connectivity index (χ3v) is 4.40. The average molecular weight is 282 g/mol. The van der Waals surface area contributed by atoms with Crippen LogP contribution in [0.5, 0.6) is 0 Å². The summed E-state index contributed by atoms with van der Waals surface area (Å²) in [5.41, 5.74) is 1.06. The van der Waals surface area contributed by atoms with Crippen molar-refractivity contribution in [3.63, 3.8) is 0 Å². The molecule has 1 aromatic rings. The molecular weight excluding hydrogens is 260 g/mol. The van der Waals surface area contributed by atoms with E-state index in [4.69, 9.17) is 0 Å². The number of hydrogen-bond donors (Lipinski definition) is 1. The Kier molecular flexibility index (Phi) is 4.08. The molecule has 1 amide bonds. The first-order valence-corrected chi connectivity index (χ1v) is 7.52. The SMILES string of the molecule is CCNc1snnc1CN1CC(C(C)(C)C)CC1=O. The molecule has 1 fully saturated rings. The van der Waals surface area contributed by atoms with Crippen LogP contribution < -0.4 is 5.32 Å². The predicted molar refractivity (Wildman–Crippen MR) is 77.1 cm³/mol. The van der Waals surface area contributed by atoms with Gasteiger partial charge in [-0.05, 0) is 18.3 Å². The van der Waals surface area contributed by atoms with Gasteiger partial charge in [0.15, 0.2) is 0 Å². The maximum atomic E-state index is 12.1. The van der Waals surface area contributed by atoms with Gasteiger partial charge in [0.2, 0.25) is 5.91 Å². The van der Waals surface area contributed by atoms with Gasteiger partial charge < -0.3 is 10.2 Å². The van der Waals surface area contributed by atoms with E-state index in [2.05, 4.69) is 35.7 Å². The molecule has 19 heavy (non-hydrogen) atoms. The Morgan fingerprint density at radius 1 is 1.47 bits per heavy atom. The Hall–Kier alpha value is -1.17. The van der Waals surface area contributed by atoms with E-state index >= 15 is 0 Å². The number of carbonyl (C=O) groups is 1. The number of rotatable bonds is 4. The summed E-state index contributed by atoms with van der Waals surface area (Å²) in [6.07, 6.45) is 0.650. The van der Waals surface area contributed by atoms with Crippen LogP contribution in [-0.2, 0) is 11.3 Å². The molecule has 0 bridgehead atoms. The number of hydrogen-bond acceptors (Lipinski definition) is 5. The lowest BCUT2D eigenvalue weighted by Gasteiger charge is -2.26. The van der Waals surface area contributed by atoms with Crippen molar-refractivity contribution in [1.82, 2.24) is 14.5 Å². The monoisotopic (exact) mass is 282 g/mol. The van der Waals surface area contributed by atoms with E-state index < -0.39 is 0 Å². The van der Waals surface area contributed by atoms with Crippen molar-refractivity contribution in [3.05, 3.63) is 5.69 Å².